The lowest BCUT2D eigenvalue weighted by molar-refractivity contribution is -0.131. The predicted octanol–water partition coefficient (Wildman–Crippen LogP) is -1.52. The molecule has 0 aliphatic rings. The van der Waals surface area contributed by atoms with Gasteiger partial charge in [-0.05, 0) is 6.92 Å². The van der Waals surface area contributed by atoms with E-state index in [0.717, 1.165) is 0 Å². The van der Waals surface area contributed by atoms with Gasteiger partial charge in [0.2, 0.25) is 0 Å². The molecule has 54 valence electrons. The molecule has 0 fully saturated rings. The molecule has 0 aliphatic heterocycles. The summed E-state index contributed by atoms with van der Waals surface area (Å²) >= 11 is 0. The van der Waals surface area contributed by atoms with Gasteiger partial charge in [-0.3, -0.25) is 4.79 Å². The highest BCUT2D eigenvalue weighted by Crippen LogP contribution is 1.78. The molecular formula is C5H11NO3. The van der Waals surface area contributed by atoms with Gasteiger partial charge < -0.3 is 15.5 Å². The van der Waals surface area contributed by atoms with E-state index < -0.39 is 18.6 Å². The second-order valence-electron chi connectivity index (χ2n) is 1.59. The normalized spacial score (nSPS) is 12.8. The number of aliphatic hydroxyl groups is 2. The molecule has 0 radical (unpaired) electrons. The molecule has 0 saturated carbocycles. The predicted molar refractivity (Wildman–Crippen MR) is 31.8 cm³/mol. The second kappa shape index (κ2) is 4.29. The number of carbonyl (C=O) groups is 1. The summed E-state index contributed by atoms with van der Waals surface area (Å²) in [7, 11) is 0. The summed E-state index contributed by atoms with van der Waals surface area (Å²) in [6, 6.07) is 0. The lowest BCUT2D eigenvalue weighted by Gasteiger charge is -2.04. The Balaban J connectivity index is 3.46. The van der Waals surface area contributed by atoms with E-state index in [1.54, 1.807) is 6.92 Å². The van der Waals surface area contributed by atoms with Crippen LogP contribution in [0.15, 0.2) is 0 Å². The number of hydrogen-bond acceptors (Lipinski definition) is 3. The Labute approximate surface area is 53.5 Å². The quantitative estimate of drug-likeness (QED) is 0.437. The van der Waals surface area contributed by atoms with Crippen LogP contribution in [0, 0.1) is 0 Å². The van der Waals surface area contributed by atoms with E-state index in [2.05, 4.69) is 5.32 Å². The summed E-state index contributed by atoms with van der Waals surface area (Å²) < 4.78 is 0. The Morgan fingerprint density at radius 2 is 2.33 bits per heavy atom. The highest BCUT2D eigenvalue weighted by Gasteiger charge is 2.10. The topological polar surface area (TPSA) is 69.6 Å². The molecule has 0 heterocycles. The molecule has 1 amide bonds. The smallest absolute Gasteiger partial charge is 0.251 e. The molecule has 9 heavy (non-hydrogen) atoms. The maximum atomic E-state index is 10.5. The molecule has 0 aromatic rings. The van der Waals surface area contributed by atoms with Gasteiger partial charge in [0.05, 0.1) is 6.61 Å². The Kier molecular flexibility index (Phi) is 4.00. The lowest BCUT2D eigenvalue weighted by Crippen LogP contribution is -2.36. The molecule has 4 heteroatoms. The van der Waals surface area contributed by atoms with Crippen molar-refractivity contribution < 1.29 is 15.0 Å². The van der Waals surface area contributed by atoms with Crippen LogP contribution in [0.1, 0.15) is 6.92 Å². The number of carbonyl (C=O) groups excluding carboxylic acids is 1. The fraction of sp³-hybridized carbons (Fsp3) is 0.800. The lowest BCUT2D eigenvalue weighted by atomic mass is 10.3. The minimum atomic E-state index is -1.27. The van der Waals surface area contributed by atoms with Crippen molar-refractivity contribution in [2.75, 3.05) is 13.2 Å². The molecule has 0 bridgehead atoms. The Bertz CT molecular complexity index is 94.2. The summed E-state index contributed by atoms with van der Waals surface area (Å²) in [4.78, 5) is 10.5. The Hall–Kier alpha value is -0.610. The van der Waals surface area contributed by atoms with Crippen LogP contribution < -0.4 is 5.32 Å². The third-order valence-corrected chi connectivity index (χ3v) is 0.827. The minimum absolute atomic E-state index is 0.468. The summed E-state index contributed by atoms with van der Waals surface area (Å²) in [5.74, 6) is -0.528. The number of amides is 1. The zero-order chi connectivity index (χ0) is 7.28. The van der Waals surface area contributed by atoms with Crippen LogP contribution in [0.5, 0.6) is 0 Å². The second-order valence-corrected chi connectivity index (χ2v) is 1.59. The Morgan fingerprint density at radius 1 is 1.78 bits per heavy atom. The van der Waals surface area contributed by atoms with Gasteiger partial charge in [-0.2, -0.15) is 0 Å². The van der Waals surface area contributed by atoms with E-state index >= 15 is 0 Å². The summed E-state index contributed by atoms with van der Waals surface area (Å²) in [6.45, 7) is 1.68. The highest BCUT2D eigenvalue weighted by molar-refractivity contribution is 5.80. The van der Waals surface area contributed by atoms with Crippen LogP contribution in [0.2, 0.25) is 0 Å². The highest BCUT2D eigenvalue weighted by atomic mass is 16.3. The minimum Gasteiger partial charge on any atom is -0.393 e. The van der Waals surface area contributed by atoms with Crippen LogP contribution in [-0.4, -0.2) is 35.4 Å². The third kappa shape index (κ3) is 3.05. The van der Waals surface area contributed by atoms with E-state index in [4.69, 9.17) is 10.2 Å². The molecule has 4 nitrogen and oxygen atoms in total. The van der Waals surface area contributed by atoms with Gasteiger partial charge in [-0.25, -0.2) is 0 Å². The molecule has 0 saturated heterocycles. The number of likely N-dealkylation sites (N-methyl/N-ethyl adjacent to an activating group) is 1. The third-order valence-electron chi connectivity index (χ3n) is 0.827. The largest absolute Gasteiger partial charge is 0.393 e. The molecule has 1 unspecified atom stereocenters. The standard InChI is InChI=1S/C5H11NO3/c1-2-6-5(9)4(8)3-7/h4,7-8H,2-3H2,1H3,(H,6,9). The zero-order valence-electron chi connectivity index (χ0n) is 5.29. The van der Waals surface area contributed by atoms with Crippen molar-refractivity contribution in [2.45, 2.75) is 13.0 Å². The summed E-state index contributed by atoms with van der Waals surface area (Å²) in [5, 5.41) is 19.2. The van der Waals surface area contributed by atoms with Gasteiger partial charge in [0.1, 0.15) is 0 Å². The van der Waals surface area contributed by atoms with Crippen molar-refractivity contribution in [1.29, 1.82) is 0 Å². The molecule has 3 N–H and O–H groups in total. The fourth-order valence-corrected chi connectivity index (χ4v) is 0.375. The first kappa shape index (κ1) is 8.39. The van der Waals surface area contributed by atoms with Crippen LogP contribution >= 0.6 is 0 Å². The average Bonchev–Trinajstić information content (AvgIpc) is 1.87. The zero-order valence-corrected chi connectivity index (χ0v) is 5.29. The molecular weight excluding hydrogens is 122 g/mol. The molecule has 0 aromatic carbocycles. The fourth-order valence-electron chi connectivity index (χ4n) is 0.375. The number of aliphatic hydroxyl groups excluding tert-OH is 2. The molecule has 1 atom stereocenters. The van der Waals surface area contributed by atoms with Crippen LogP contribution in [0.4, 0.5) is 0 Å². The Morgan fingerprint density at radius 3 is 2.67 bits per heavy atom. The van der Waals surface area contributed by atoms with Crippen molar-refractivity contribution in [3.8, 4) is 0 Å². The first-order chi connectivity index (χ1) is 4.22. The van der Waals surface area contributed by atoms with Crippen molar-refractivity contribution >= 4 is 5.91 Å². The molecule has 0 aliphatic carbocycles. The number of hydrogen-bond donors (Lipinski definition) is 3. The van der Waals surface area contributed by atoms with Gasteiger partial charge in [0.25, 0.3) is 5.91 Å². The SMILES string of the molecule is CCNC(=O)C(O)CO. The van der Waals surface area contributed by atoms with E-state index in [9.17, 15) is 4.79 Å². The van der Waals surface area contributed by atoms with Crippen LogP contribution in [0.25, 0.3) is 0 Å². The van der Waals surface area contributed by atoms with Gasteiger partial charge in [0, 0.05) is 6.54 Å². The van der Waals surface area contributed by atoms with Crippen LogP contribution in [-0.2, 0) is 4.79 Å². The number of rotatable bonds is 3. The van der Waals surface area contributed by atoms with E-state index in [1.165, 1.54) is 0 Å². The summed E-state index contributed by atoms with van der Waals surface area (Å²) in [5.41, 5.74) is 0. The van der Waals surface area contributed by atoms with E-state index in [0.29, 0.717) is 6.54 Å². The number of nitrogens with one attached hydrogen (secondary N) is 1. The van der Waals surface area contributed by atoms with Crippen LogP contribution in [0.3, 0.4) is 0 Å². The van der Waals surface area contributed by atoms with Crippen molar-refractivity contribution in [3.63, 3.8) is 0 Å². The maximum Gasteiger partial charge on any atom is 0.251 e. The monoisotopic (exact) mass is 133 g/mol. The molecule has 0 spiro atoms. The first-order valence-corrected chi connectivity index (χ1v) is 2.79. The average molecular weight is 133 g/mol. The first-order valence-electron chi connectivity index (χ1n) is 2.79. The van der Waals surface area contributed by atoms with Gasteiger partial charge >= 0.3 is 0 Å². The van der Waals surface area contributed by atoms with Gasteiger partial charge in [0.15, 0.2) is 6.10 Å². The summed E-state index contributed by atoms with van der Waals surface area (Å²) in [6.07, 6.45) is -1.27. The van der Waals surface area contributed by atoms with Crippen molar-refractivity contribution in [3.05, 3.63) is 0 Å². The van der Waals surface area contributed by atoms with E-state index in [-0.39, 0.29) is 0 Å². The van der Waals surface area contributed by atoms with E-state index in [1.807, 2.05) is 0 Å². The van der Waals surface area contributed by atoms with Crippen molar-refractivity contribution in [2.24, 2.45) is 0 Å². The molecule has 0 rings (SSSR count). The van der Waals surface area contributed by atoms with Gasteiger partial charge in [-0.1, -0.05) is 0 Å². The van der Waals surface area contributed by atoms with Crippen molar-refractivity contribution in [1.82, 2.24) is 5.32 Å². The molecule has 0 aromatic heterocycles. The van der Waals surface area contributed by atoms with Gasteiger partial charge in [-0.15, -0.1) is 0 Å². The maximum absolute atomic E-state index is 10.5.